The number of carboxylic acids is 1. The van der Waals surface area contributed by atoms with E-state index in [9.17, 15) is 18.0 Å². The van der Waals surface area contributed by atoms with E-state index in [4.69, 9.17) is 9.66 Å². The number of dihydropyridines is 1. The van der Waals surface area contributed by atoms with E-state index in [2.05, 4.69) is 4.99 Å². The average molecular weight is 219 g/mol. The Labute approximate surface area is 78.5 Å². The van der Waals surface area contributed by atoms with Crippen molar-refractivity contribution in [3.8, 4) is 0 Å². The summed E-state index contributed by atoms with van der Waals surface area (Å²) in [7, 11) is -4.52. The molecule has 1 aliphatic heterocycles. The van der Waals surface area contributed by atoms with Crippen LogP contribution in [0.3, 0.4) is 0 Å². The number of aliphatic carboxylic acids is 1. The van der Waals surface area contributed by atoms with Crippen molar-refractivity contribution in [1.82, 2.24) is 0 Å². The van der Waals surface area contributed by atoms with Gasteiger partial charge >= 0.3 is 5.97 Å². The summed E-state index contributed by atoms with van der Waals surface area (Å²) in [6.45, 7) is 0. The van der Waals surface area contributed by atoms with Crippen LogP contribution in [-0.2, 0) is 19.7 Å². The number of amides is 1. The molecule has 0 bridgehead atoms. The van der Waals surface area contributed by atoms with E-state index in [1.54, 1.807) is 0 Å². The first kappa shape index (κ1) is 10.5. The van der Waals surface area contributed by atoms with Gasteiger partial charge in [0.15, 0.2) is 5.92 Å². The number of carbonyl (C=O) groups is 2. The number of carboxylic acid groups (broad SMARTS) is 1. The van der Waals surface area contributed by atoms with Crippen molar-refractivity contribution < 1.29 is 27.7 Å². The van der Waals surface area contributed by atoms with Gasteiger partial charge < -0.3 is 5.11 Å². The van der Waals surface area contributed by atoms with Gasteiger partial charge in [-0.25, -0.2) is 4.99 Å². The maximum Gasteiger partial charge on any atom is 0.320 e. The van der Waals surface area contributed by atoms with Crippen LogP contribution in [0.5, 0.6) is 0 Å². The molecule has 7 nitrogen and oxygen atoms in total. The zero-order valence-electron chi connectivity index (χ0n) is 6.61. The molecule has 0 saturated carbocycles. The highest BCUT2D eigenvalue weighted by Gasteiger charge is 2.29. The van der Waals surface area contributed by atoms with Crippen molar-refractivity contribution in [3.63, 3.8) is 0 Å². The zero-order valence-corrected chi connectivity index (χ0v) is 7.43. The lowest BCUT2D eigenvalue weighted by atomic mass is 10.1. The molecule has 8 heteroatoms. The van der Waals surface area contributed by atoms with Crippen LogP contribution in [0.4, 0.5) is 0 Å². The normalized spacial score (nSPS) is 21.9. The van der Waals surface area contributed by atoms with Gasteiger partial charge in [0.05, 0.1) is 6.21 Å². The Morgan fingerprint density at radius 2 is 2.07 bits per heavy atom. The number of nitrogens with zero attached hydrogens (tertiary/aromatic N) is 1. The summed E-state index contributed by atoms with van der Waals surface area (Å²) < 4.78 is 29.6. The van der Waals surface area contributed by atoms with E-state index >= 15 is 0 Å². The maximum atomic E-state index is 10.8. The van der Waals surface area contributed by atoms with Crippen LogP contribution in [0.1, 0.15) is 0 Å². The quantitative estimate of drug-likeness (QED) is 0.457. The molecular formula is C6H5NO6S. The van der Waals surface area contributed by atoms with Crippen molar-refractivity contribution in [3.05, 3.63) is 11.0 Å². The summed E-state index contributed by atoms with van der Waals surface area (Å²) in [5, 5.41) is 8.48. The van der Waals surface area contributed by atoms with Crippen molar-refractivity contribution in [2.24, 2.45) is 10.9 Å². The van der Waals surface area contributed by atoms with Gasteiger partial charge in [0.2, 0.25) is 0 Å². The molecule has 76 valence electrons. The van der Waals surface area contributed by atoms with Gasteiger partial charge in [0.25, 0.3) is 16.0 Å². The molecule has 1 unspecified atom stereocenters. The summed E-state index contributed by atoms with van der Waals surface area (Å²) in [4.78, 5) is 23.6. The fraction of sp³-hybridized carbons (Fsp3) is 0.167. The van der Waals surface area contributed by atoms with Crippen LogP contribution in [0, 0.1) is 5.92 Å². The minimum absolute atomic E-state index is 0.608. The lowest BCUT2D eigenvalue weighted by Crippen LogP contribution is -2.25. The maximum absolute atomic E-state index is 10.8. The van der Waals surface area contributed by atoms with E-state index in [0.717, 1.165) is 0 Å². The van der Waals surface area contributed by atoms with Crippen LogP contribution in [0.25, 0.3) is 0 Å². The zero-order chi connectivity index (χ0) is 10.9. The van der Waals surface area contributed by atoms with E-state index in [-0.39, 0.29) is 0 Å². The highest BCUT2D eigenvalue weighted by atomic mass is 32.2. The standard InChI is InChI=1S/C6H5NO6S/c8-5-4(6(9)10)1-3(2-7-5)14(11,12)13/h1-2,4H,(H,9,10)(H,11,12,13). The molecule has 1 rings (SSSR count). The van der Waals surface area contributed by atoms with Crippen LogP contribution < -0.4 is 0 Å². The molecule has 0 fully saturated rings. The number of carbonyl (C=O) groups excluding carboxylic acids is 1. The third kappa shape index (κ3) is 2.03. The summed E-state index contributed by atoms with van der Waals surface area (Å²) in [5.74, 6) is -4.16. The molecule has 0 saturated heterocycles. The second kappa shape index (κ2) is 3.31. The van der Waals surface area contributed by atoms with Crippen molar-refractivity contribution in [2.45, 2.75) is 0 Å². The topological polar surface area (TPSA) is 121 Å². The third-order valence-electron chi connectivity index (χ3n) is 1.48. The minimum Gasteiger partial charge on any atom is -0.480 e. The molecular weight excluding hydrogens is 214 g/mol. The van der Waals surface area contributed by atoms with Gasteiger partial charge in [-0.15, -0.1) is 0 Å². The number of allylic oxidation sites excluding steroid dienone is 1. The Hall–Kier alpha value is -1.54. The van der Waals surface area contributed by atoms with Gasteiger partial charge in [-0.2, -0.15) is 8.42 Å². The third-order valence-corrected chi connectivity index (χ3v) is 2.32. The molecule has 0 aromatic carbocycles. The molecule has 1 amide bonds. The van der Waals surface area contributed by atoms with Gasteiger partial charge in [-0.05, 0) is 6.08 Å². The number of hydrogen-bond acceptors (Lipinski definition) is 4. The SMILES string of the molecule is O=C(O)C1C=C(S(=O)(=O)O)C=NC1=O. The lowest BCUT2D eigenvalue weighted by Gasteiger charge is -2.08. The van der Waals surface area contributed by atoms with Crippen molar-refractivity contribution >= 4 is 28.2 Å². The Morgan fingerprint density at radius 3 is 2.50 bits per heavy atom. The number of hydrogen-bond donors (Lipinski definition) is 2. The predicted molar refractivity (Wildman–Crippen MR) is 44.3 cm³/mol. The van der Waals surface area contributed by atoms with Crippen LogP contribution in [0.15, 0.2) is 16.0 Å². The first-order chi connectivity index (χ1) is 6.32. The summed E-state index contributed by atoms with van der Waals surface area (Å²) in [6.07, 6.45) is 1.24. The molecule has 0 spiro atoms. The van der Waals surface area contributed by atoms with Crippen molar-refractivity contribution in [1.29, 1.82) is 0 Å². The van der Waals surface area contributed by atoms with Gasteiger partial charge in [-0.1, -0.05) is 0 Å². The minimum atomic E-state index is -4.52. The average Bonchev–Trinajstić information content (AvgIpc) is 2.02. The largest absolute Gasteiger partial charge is 0.480 e. The summed E-state index contributed by atoms with van der Waals surface area (Å²) in [5.41, 5.74) is 0. The summed E-state index contributed by atoms with van der Waals surface area (Å²) >= 11 is 0. The molecule has 0 radical (unpaired) electrons. The van der Waals surface area contributed by atoms with Crippen molar-refractivity contribution in [2.75, 3.05) is 0 Å². The molecule has 1 aliphatic rings. The van der Waals surface area contributed by atoms with E-state index in [0.29, 0.717) is 12.3 Å². The molecule has 0 aromatic rings. The fourth-order valence-electron chi connectivity index (χ4n) is 0.816. The molecule has 0 aliphatic carbocycles. The number of rotatable bonds is 2. The summed E-state index contributed by atoms with van der Waals surface area (Å²) in [6, 6.07) is 0. The highest BCUT2D eigenvalue weighted by molar-refractivity contribution is 7.90. The Morgan fingerprint density at radius 1 is 1.50 bits per heavy atom. The molecule has 0 aromatic heterocycles. The molecule has 2 N–H and O–H groups in total. The van der Waals surface area contributed by atoms with Gasteiger partial charge in [0, 0.05) is 0 Å². The van der Waals surface area contributed by atoms with Gasteiger partial charge in [-0.3, -0.25) is 14.1 Å². The Kier molecular flexibility index (Phi) is 2.49. The highest BCUT2D eigenvalue weighted by Crippen LogP contribution is 2.14. The fourth-order valence-corrected chi connectivity index (χ4v) is 1.31. The van der Waals surface area contributed by atoms with E-state index < -0.39 is 32.8 Å². The molecule has 1 heterocycles. The van der Waals surface area contributed by atoms with Crippen LogP contribution in [-0.4, -0.2) is 36.2 Å². The van der Waals surface area contributed by atoms with Gasteiger partial charge in [0.1, 0.15) is 4.91 Å². The van der Waals surface area contributed by atoms with E-state index in [1.165, 1.54) is 0 Å². The Bertz CT molecular complexity index is 445. The second-order valence-corrected chi connectivity index (χ2v) is 3.88. The first-order valence-electron chi connectivity index (χ1n) is 3.32. The smallest absolute Gasteiger partial charge is 0.320 e. The first-order valence-corrected chi connectivity index (χ1v) is 4.76. The van der Waals surface area contributed by atoms with E-state index in [1.807, 2.05) is 0 Å². The van der Waals surface area contributed by atoms with Crippen LogP contribution in [0.2, 0.25) is 0 Å². The van der Waals surface area contributed by atoms with Crippen LogP contribution >= 0.6 is 0 Å². The molecule has 1 atom stereocenters. The number of aliphatic imine (C=N–C) groups is 1. The second-order valence-electron chi connectivity index (χ2n) is 2.46. The lowest BCUT2D eigenvalue weighted by molar-refractivity contribution is -0.143. The molecule has 14 heavy (non-hydrogen) atoms. The Balaban J connectivity index is 3.16. The predicted octanol–water partition coefficient (Wildman–Crippen LogP) is -0.930. The monoisotopic (exact) mass is 219 g/mol.